The summed E-state index contributed by atoms with van der Waals surface area (Å²) < 4.78 is 23.9. The minimum atomic E-state index is -3.17. The van der Waals surface area contributed by atoms with Gasteiger partial charge in [0, 0.05) is 16.3 Å². The van der Waals surface area contributed by atoms with Gasteiger partial charge in [-0.05, 0) is 60.9 Å². The molecule has 1 aliphatic heterocycles. The first kappa shape index (κ1) is 15.1. The van der Waals surface area contributed by atoms with Crippen molar-refractivity contribution in [2.45, 2.75) is 17.7 Å². The van der Waals surface area contributed by atoms with Crippen LogP contribution < -0.4 is 5.32 Å². The predicted octanol–water partition coefficient (Wildman–Crippen LogP) is 3.31. The Balaban J connectivity index is 1.85. The van der Waals surface area contributed by atoms with Crippen LogP contribution in [0.4, 0.5) is 5.69 Å². The number of hydrogen-bond acceptors (Lipinski definition) is 3. The standard InChI is InChI=1S/C16H14ClNO3S/c17-13-5-3-11(4-6-13)16(19)18-14-7-8-15-12(10-14)2-1-9-22(15,20)21/h3-8,10H,1-2,9H2,(H,18,19). The molecule has 0 unspecified atom stereocenters. The highest BCUT2D eigenvalue weighted by atomic mass is 35.5. The van der Waals surface area contributed by atoms with Crippen molar-refractivity contribution < 1.29 is 13.2 Å². The molecule has 2 aromatic rings. The van der Waals surface area contributed by atoms with E-state index in [4.69, 9.17) is 11.6 Å². The molecule has 0 saturated heterocycles. The third-order valence-electron chi connectivity index (χ3n) is 3.62. The molecular formula is C16H14ClNO3S. The number of carbonyl (C=O) groups is 1. The highest BCUT2D eigenvalue weighted by Crippen LogP contribution is 2.27. The lowest BCUT2D eigenvalue weighted by Crippen LogP contribution is -2.17. The van der Waals surface area contributed by atoms with Crippen LogP contribution in [0.1, 0.15) is 22.3 Å². The van der Waals surface area contributed by atoms with Crippen molar-refractivity contribution in [2.75, 3.05) is 11.1 Å². The molecule has 1 amide bonds. The van der Waals surface area contributed by atoms with Crippen molar-refractivity contribution in [2.24, 2.45) is 0 Å². The van der Waals surface area contributed by atoms with E-state index in [-0.39, 0.29) is 11.7 Å². The molecule has 1 N–H and O–H groups in total. The zero-order valence-electron chi connectivity index (χ0n) is 11.7. The maximum Gasteiger partial charge on any atom is 0.255 e. The molecule has 4 nitrogen and oxygen atoms in total. The Kier molecular flexibility index (Phi) is 3.93. The summed E-state index contributed by atoms with van der Waals surface area (Å²) in [5.74, 6) is -0.0634. The van der Waals surface area contributed by atoms with Gasteiger partial charge in [0.25, 0.3) is 5.91 Å². The van der Waals surface area contributed by atoms with E-state index in [1.54, 1.807) is 42.5 Å². The zero-order chi connectivity index (χ0) is 15.7. The van der Waals surface area contributed by atoms with E-state index in [1.165, 1.54) is 0 Å². The Morgan fingerprint density at radius 1 is 1.09 bits per heavy atom. The van der Waals surface area contributed by atoms with Crippen molar-refractivity contribution in [3.63, 3.8) is 0 Å². The van der Waals surface area contributed by atoms with Gasteiger partial charge < -0.3 is 5.32 Å². The maximum atomic E-state index is 12.1. The van der Waals surface area contributed by atoms with Crippen LogP contribution >= 0.6 is 11.6 Å². The molecule has 0 radical (unpaired) electrons. The fourth-order valence-corrected chi connectivity index (χ4v) is 4.23. The van der Waals surface area contributed by atoms with Gasteiger partial charge in [-0.1, -0.05) is 11.6 Å². The lowest BCUT2D eigenvalue weighted by Gasteiger charge is -2.17. The van der Waals surface area contributed by atoms with Crippen LogP contribution in [0.5, 0.6) is 0 Å². The smallest absolute Gasteiger partial charge is 0.255 e. The minimum Gasteiger partial charge on any atom is -0.322 e. The summed E-state index contributed by atoms with van der Waals surface area (Å²) in [5, 5.41) is 3.34. The molecule has 0 bridgehead atoms. The first-order chi connectivity index (χ1) is 10.5. The molecule has 0 aliphatic carbocycles. The molecule has 0 fully saturated rings. The molecule has 1 heterocycles. The van der Waals surface area contributed by atoms with E-state index in [9.17, 15) is 13.2 Å². The van der Waals surface area contributed by atoms with E-state index >= 15 is 0 Å². The number of rotatable bonds is 2. The average Bonchev–Trinajstić information content (AvgIpc) is 2.47. The predicted molar refractivity (Wildman–Crippen MR) is 86.2 cm³/mol. The molecule has 0 saturated carbocycles. The molecule has 1 aliphatic rings. The van der Waals surface area contributed by atoms with Crippen molar-refractivity contribution in [3.8, 4) is 0 Å². The van der Waals surface area contributed by atoms with Gasteiger partial charge in [-0.3, -0.25) is 4.79 Å². The van der Waals surface area contributed by atoms with Crippen molar-refractivity contribution >= 4 is 33.0 Å². The third-order valence-corrected chi connectivity index (χ3v) is 5.77. The lowest BCUT2D eigenvalue weighted by molar-refractivity contribution is 0.102. The largest absolute Gasteiger partial charge is 0.322 e. The third kappa shape index (κ3) is 3.00. The Hall–Kier alpha value is -1.85. The summed E-state index contributed by atoms with van der Waals surface area (Å²) in [4.78, 5) is 12.5. The molecule has 0 atom stereocenters. The summed E-state index contributed by atoms with van der Waals surface area (Å²) in [5.41, 5.74) is 1.85. The van der Waals surface area contributed by atoms with E-state index in [0.717, 1.165) is 5.56 Å². The zero-order valence-corrected chi connectivity index (χ0v) is 13.2. The second-order valence-corrected chi connectivity index (χ2v) is 7.72. The van der Waals surface area contributed by atoms with Crippen LogP contribution in [0.2, 0.25) is 5.02 Å². The average molecular weight is 336 g/mol. The Morgan fingerprint density at radius 3 is 2.55 bits per heavy atom. The second-order valence-electron chi connectivity index (χ2n) is 5.21. The quantitative estimate of drug-likeness (QED) is 0.915. The molecule has 6 heteroatoms. The van der Waals surface area contributed by atoms with Gasteiger partial charge in [-0.2, -0.15) is 0 Å². The molecular weight excluding hydrogens is 322 g/mol. The number of carbonyl (C=O) groups excluding carboxylic acids is 1. The van der Waals surface area contributed by atoms with Crippen LogP contribution in [-0.2, 0) is 16.3 Å². The number of fused-ring (bicyclic) bond motifs is 1. The number of benzene rings is 2. The topological polar surface area (TPSA) is 63.2 Å². The van der Waals surface area contributed by atoms with E-state index < -0.39 is 9.84 Å². The number of anilines is 1. The molecule has 22 heavy (non-hydrogen) atoms. The molecule has 0 aromatic heterocycles. The Labute approximate surface area is 134 Å². The molecule has 3 rings (SSSR count). The molecule has 0 spiro atoms. The van der Waals surface area contributed by atoms with Crippen molar-refractivity contribution in [3.05, 3.63) is 58.6 Å². The van der Waals surface area contributed by atoms with E-state index in [2.05, 4.69) is 5.32 Å². The number of hydrogen-bond donors (Lipinski definition) is 1. The SMILES string of the molecule is O=C(Nc1ccc2c(c1)CCCS2(=O)=O)c1ccc(Cl)cc1. The summed E-state index contributed by atoms with van der Waals surface area (Å²) in [6.07, 6.45) is 1.32. The van der Waals surface area contributed by atoms with Crippen LogP contribution in [0.25, 0.3) is 0 Å². The van der Waals surface area contributed by atoms with Gasteiger partial charge in [-0.15, -0.1) is 0 Å². The summed E-state index contributed by atoms with van der Waals surface area (Å²) in [7, 11) is -3.17. The van der Waals surface area contributed by atoms with Crippen molar-refractivity contribution in [1.82, 2.24) is 0 Å². The summed E-state index contributed by atoms with van der Waals surface area (Å²) in [6.45, 7) is 0. The van der Waals surface area contributed by atoms with Gasteiger partial charge >= 0.3 is 0 Å². The first-order valence-corrected chi connectivity index (χ1v) is 8.91. The number of amides is 1. The fraction of sp³-hybridized carbons (Fsp3) is 0.188. The van der Waals surface area contributed by atoms with Gasteiger partial charge in [0.2, 0.25) is 0 Å². The monoisotopic (exact) mass is 335 g/mol. The summed E-state index contributed by atoms with van der Waals surface area (Å²) >= 11 is 5.79. The van der Waals surface area contributed by atoms with Crippen LogP contribution in [0, 0.1) is 0 Å². The number of nitrogens with one attached hydrogen (secondary N) is 1. The minimum absolute atomic E-state index is 0.191. The van der Waals surface area contributed by atoms with Crippen LogP contribution in [0.15, 0.2) is 47.4 Å². The molecule has 114 valence electrons. The normalized spacial score (nSPS) is 15.9. The van der Waals surface area contributed by atoms with E-state index in [0.29, 0.717) is 34.0 Å². The fourth-order valence-electron chi connectivity index (χ4n) is 2.52. The van der Waals surface area contributed by atoms with Crippen molar-refractivity contribution in [1.29, 1.82) is 0 Å². The second kappa shape index (κ2) is 5.74. The summed E-state index contributed by atoms with van der Waals surface area (Å²) in [6, 6.07) is 11.5. The molecule has 2 aromatic carbocycles. The Morgan fingerprint density at radius 2 is 1.82 bits per heavy atom. The maximum absolute atomic E-state index is 12.1. The van der Waals surface area contributed by atoms with Gasteiger partial charge in [-0.25, -0.2) is 8.42 Å². The lowest BCUT2D eigenvalue weighted by atomic mass is 10.1. The first-order valence-electron chi connectivity index (χ1n) is 6.88. The van der Waals surface area contributed by atoms with Gasteiger partial charge in [0.15, 0.2) is 9.84 Å². The van der Waals surface area contributed by atoms with Gasteiger partial charge in [0.05, 0.1) is 10.6 Å². The van der Waals surface area contributed by atoms with Gasteiger partial charge in [0.1, 0.15) is 0 Å². The van der Waals surface area contributed by atoms with Crippen LogP contribution in [-0.4, -0.2) is 20.1 Å². The Bertz CT molecular complexity index is 829. The number of halogens is 1. The highest BCUT2D eigenvalue weighted by Gasteiger charge is 2.23. The van der Waals surface area contributed by atoms with Crippen LogP contribution in [0.3, 0.4) is 0 Å². The highest BCUT2D eigenvalue weighted by molar-refractivity contribution is 7.91. The number of aryl methyl sites for hydroxylation is 1. The van der Waals surface area contributed by atoms with E-state index in [1.807, 2.05) is 0 Å². The number of sulfone groups is 1.